The van der Waals surface area contributed by atoms with E-state index in [-0.39, 0.29) is 23.9 Å². The molecule has 2 aliphatic rings. The summed E-state index contributed by atoms with van der Waals surface area (Å²) >= 11 is 0. The summed E-state index contributed by atoms with van der Waals surface area (Å²) in [5.74, 6) is 0.158. The van der Waals surface area contributed by atoms with Crippen molar-refractivity contribution in [3.8, 4) is 0 Å². The number of likely N-dealkylation sites (tertiary alicyclic amines) is 1. The molecule has 3 nitrogen and oxygen atoms in total. The zero-order valence-corrected chi connectivity index (χ0v) is 11.9. The summed E-state index contributed by atoms with van der Waals surface area (Å²) in [7, 11) is 0. The van der Waals surface area contributed by atoms with Crippen LogP contribution in [0, 0.1) is 18.7 Å². The van der Waals surface area contributed by atoms with Crippen molar-refractivity contribution in [2.45, 2.75) is 38.9 Å². The van der Waals surface area contributed by atoms with E-state index in [9.17, 15) is 9.18 Å². The van der Waals surface area contributed by atoms with Crippen molar-refractivity contribution in [1.82, 2.24) is 4.90 Å². The number of hydrogen-bond acceptors (Lipinski definition) is 2. The lowest BCUT2D eigenvalue weighted by molar-refractivity contribution is 0.00155. The molecule has 0 saturated carbocycles. The number of ether oxygens (including phenoxy) is 1. The van der Waals surface area contributed by atoms with Gasteiger partial charge in [-0.25, -0.2) is 4.39 Å². The van der Waals surface area contributed by atoms with Gasteiger partial charge in [0.1, 0.15) is 5.82 Å². The summed E-state index contributed by atoms with van der Waals surface area (Å²) in [6.07, 6.45) is 2.51. The van der Waals surface area contributed by atoms with Crippen molar-refractivity contribution in [2.75, 3.05) is 13.1 Å². The van der Waals surface area contributed by atoms with Crippen LogP contribution in [-0.4, -0.2) is 36.1 Å². The number of aryl methyl sites for hydroxylation is 1. The van der Waals surface area contributed by atoms with Crippen LogP contribution < -0.4 is 0 Å². The van der Waals surface area contributed by atoms with Gasteiger partial charge in [-0.3, -0.25) is 4.79 Å². The highest BCUT2D eigenvalue weighted by Crippen LogP contribution is 2.33. The number of rotatable bonds is 1. The molecule has 20 heavy (non-hydrogen) atoms. The van der Waals surface area contributed by atoms with Gasteiger partial charge in [0.2, 0.25) is 0 Å². The zero-order valence-electron chi connectivity index (χ0n) is 11.9. The highest BCUT2D eigenvalue weighted by molar-refractivity contribution is 5.94. The summed E-state index contributed by atoms with van der Waals surface area (Å²) < 4.78 is 19.4. The van der Waals surface area contributed by atoms with Crippen LogP contribution in [0.4, 0.5) is 4.39 Å². The molecule has 2 saturated heterocycles. The fraction of sp³-hybridized carbons (Fsp3) is 0.562. The Morgan fingerprint density at radius 1 is 1.45 bits per heavy atom. The minimum Gasteiger partial charge on any atom is -0.373 e. The fourth-order valence-corrected chi connectivity index (χ4v) is 3.26. The topological polar surface area (TPSA) is 29.5 Å². The van der Waals surface area contributed by atoms with Crippen LogP contribution in [0.2, 0.25) is 0 Å². The Balaban J connectivity index is 1.73. The first-order valence-electron chi connectivity index (χ1n) is 7.25. The Bertz CT molecular complexity index is 531. The van der Waals surface area contributed by atoms with Crippen LogP contribution >= 0.6 is 0 Å². The minimum atomic E-state index is -0.323. The van der Waals surface area contributed by atoms with Gasteiger partial charge < -0.3 is 9.64 Å². The second-order valence-electron chi connectivity index (χ2n) is 5.98. The molecule has 2 aliphatic heterocycles. The lowest BCUT2D eigenvalue weighted by atomic mass is 9.91. The van der Waals surface area contributed by atoms with E-state index in [1.54, 1.807) is 24.0 Å². The number of carbonyl (C=O) groups excluding carboxylic acids is 1. The van der Waals surface area contributed by atoms with Crippen LogP contribution in [0.5, 0.6) is 0 Å². The van der Waals surface area contributed by atoms with Gasteiger partial charge in [0, 0.05) is 18.7 Å². The maximum Gasteiger partial charge on any atom is 0.254 e. The highest BCUT2D eigenvalue weighted by atomic mass is 19.1. The molecule has 0 unspecified atom stereocenters. The van der Waals surface area contributed by atoms with Crippen LogP contribution in [0.25, 0.3) is 0 Å². The number of benzene rings is 1. The molecular weight excluding hydrogens is 257 g/mol. The third-order valence-corrected chi connectivity index (χ3v) is 4.44. The van der Waals surface area contributed by atoms with E-state index in [0.717, 1.165) is 19.4 Å². The Kier molecular flexibility index (Phi) is 3.50. The van der Waals surface area contributed by atoms with Gasteiger partial charge in [-0.2, -0.15) is 0 Å². The second kappa shape index (κ2) is 5.17. The lowest BCUT2D eigenvalue weighted by Gasteiger charge is -2.34. The Morgan fingerprint density at radius 3 is 3.00 bits per heavy atom. The van der Waals surface area contributed by atoms with Gasteiger partial charge in [0.25, 0.3) is 5.91 Å². The number of amides is 1. The maximum absolute atomic E-state index is 13.6. The number of nitrogens with zero attached hydrogens (tertiary/aromatic N) is 1. The number of piperidine rings is 1. The van der Waals surface area contributed by atoms with Crippen LogP contribution in [0.1, 0.15) is 35.7 Å². The third kappa shape index (κ3) is 2.44. The molecule has 1 amide bonds. The second-order valence-corrected chi connectivity index (χ2v) is 5.98. The predicted molar refractivity (Wildman–Crippen MR) is 74.1 cm³/mol. The molecule has 2 heterocycles. The Hall–Kier alpha value is -1.42. The summed E-state index contributed by atoms with van der Waals surface area (Å²) in [6, 6.07) is 4.69. The van der Waals surface area contributed by atoms with E-state index < -0.39 is 0 Å². The van der Waals surface area contributed by atoms with Gasteiger partial charge in [0.15, 0.2) is 0 Å². The first-order valence-corrected chi connectivity index (χ1v) is 7.25. The monoisotopic (exact) mass is 277 g/mol. The minimum absolute atomic E-state index is 0.0921. The van der Waals surface area contributed by atoms with Gasteiger partial charge in [-0.15, -0.1) is 0 Å². The predicted octanol–water partition coefficient (Wildman–Crippen LogP) is 2.77. The van der Waals surface area contributed by atoms with E-state index in [4.69, 9.17) is 4.74 Å². The average molecular weight is 277 g/mol. The fourth-order valence-electron chi connectivity index (χ4n) is 3.26. The van der Waals surface area contributed by atoms with Gasteiger partial charge in [-0.05, 0) is 50.3 Å². The average Bonchev–Trinajstić information content (AvgIpc) is 2.80. The largest absolute Gasteiger partial charge is 0.373 e. The highest BCUT2D eigenvalue weighted by Gasteiger charge is 2.38. The molecule has 0 spiro atoms. The van der Waals surface area contributed by atoms with Crippen molar-refractivity contribution >= 4 is 5.91 Å². The molecule has 0 N–H and O–H groups in total. The van der Waals surface area contributed by atoms with Crippen molar-refractivity contribution < 1.29 is 13.9 Å². The molecule has 1 aromatic rings. The normalized spacial score (nSPS) is 29.4. The van der Waals surface area contributed by atoms with Gasteiger partial charge in [0.05, 0.1) is 12.2 Å². The number of hydrogen-bond donors (Lipinski definition) is 0. The number of halogens is 1. The standard InChI is InChI=1S/C16H20FNO2/c1-10-3-4-13(8-14(10)17)16(19)18-6-5-12-7-11(2)20-15(12)9-18/h3-4,8,11-12,15H,5-7,9H2,1-2H3/t11-,12-,15+/m0/s1. The van der Waals surface area contributed by atoms with E-state index >= 15 is 0 Å². The van der Waals surface area contributed by atoms with Crippen molar-refractivity contribution in [1.29, 1.82) is 0 Å². The summed E-state index contributed by atoms with van der Waals surface area (Å²) in [5.41, 5.74) is 0.991. The summed E-state index contributed by atoms with van der Waals surface area (Å²) in [6.45, 7) is 5.15. The maximum atomic E-state index is 13.6. The van der Waals surface area contributed by atoms with Crippen molar-refractivity contribution in [2.24, 2.45) is 5.92 Å². The van der Waals surface area contributed by atoms with Crippen molar-refractivity contribution in [3.05, 3.63) is 35.1 Å². The molecule has 3 atom stereocenters. The summed E-state index contributed by atoms with van der Waals surface area (Å²) in [4.78, 5) is 14.2. The van der Waals surface area contributed by atoms with Crippen LogP contribution in [0.3, 0.4) is 0 Å². The molecule has 0 aromatic heterocycles. The van der Waals surface area contributed by atoms with E-state index in [0.29, 0.717) is 23.6 Å². The van der Waals surface area contributed by atoms with Crippen LogP contribution in [0.15, 0.2) is 18.2 Å². The molecule has 2 fully saturated rings. The third-order valence-electron chi connectivity index (χ3n) is 4.44. The molecule has 0 bridgehead atoms. The van der Waals surface area contributed by atoms with E-state index in [2.05, 4.69) is 6.92 Å². The van der Waals surface area contributed by atoms with Gasteiger partial charge in [-0.1, -0.05) is 6.07 Å². The smallest absolute Gasteiger partial charge is 0.254 e. The van der Waals surface area contributed by atoms with E-state index in [1.807, 2.05) is 0 Å². The van der Waals surface area contributed by atoms with Crippen molar-refractivity contribution in [3.63, 3.8) is 0 Å². The molecule has 0 radical (unpaired) electrons. The zero-order chi connectivity index (χ0) is 14.3. The molecule has 3 rings (SSSR count). The summed E-state index contributed by atoms with van der Waals surface area (Å²) in [5, 5.41) is 0. The molecule has 4 heteroatoms. The first kappa shape index (κ1) is 13.6. The molecule has 108 valence electrons. The lowest BCUT2D eigenvalue weighted by Crippen LogP contribution is -2.45. The van der Waals surface area contributed by atoms with Gasteiger partial charge >= 0.3 is 0 Å². The first-order chi connectivity index (χ1) is 9.54. The van der Waals surface area contributed by atoms with Crippen LogP contribution in [-0.2, 0) is 4.74 Å². The number of fused-ring (bicyclic) bond motifs is 1. The quantitative estimate of drug-likeness (QED) is 0.790. The Labute approximate surface area is 118 Å². The molecule has 0 aliphatic carbocycles. The number of carbonyl (C=O) groups is 1. The SMILES string of the molecule is Cc1ccc(C(=O)N2CC[C@H]3C[C@H](C)O[C@@H]3C2)cc1F. The Morgan fingerprint density at radius 2 is 2.25 bits per heavy atom. The van der Waals surface area contributed by atoms with E-state index in [1.165, 1.54) is 6.07 Å². The molecule has 1 aromatic carbocycles. The molecular formula is C16H20FNO2.